The third kappa shape index (κ3) is 8.43. The number of benzene rings is 2. The molecular formula is C28H38ClN5O3. The zero-order valence-electron chi connectivity index (χ0n) is 21.9. The highest BCUT2D eigenvalue weighted by Crippen LogP contribution is 2.31. The zero-order chi connectivity index (χ0) is 26.0. The van der Waals surface area contributed by atoms with Gasteiger partial charge in [0.25, 0.3) is 0 Å². The number of likely N-dealkylation sites (N-methyl/N-ethyl adjacent to an activating group) is 1. The van der Waals surface area contributed by atoms with Crippen molar-refractivity contribution < 1.29 is 14.1 Å². The number of carbonyl (C=O) groups excluding carboxylic acids is 1. The topological polar surface area (TPSA) is 74.1 Å². The van der Waals surface area contributed by atoms with Crippen molar-refractivity contribution in [1.82, 2.24) is 25.2 Å². The van der Waals surface area contributed by atoms with E-state index >= 15 is 0 Å². The molecule has 0 saturated carbocycles. The third-order valence-electron chi connectivity index (χ3n) is 6.66. The molecule has 8 nitrogen and oxygen atoms in total. The van der Waals surface area contributed by atoms with Crippen LogP contribution in [-0.4, -0.2) is 98.8 Å². The molecule has 0 bridgehead atoms. The Kier molecular flexibility index (Phi) is 10.2. The van der Waals surface area contributed by atoms with Crippen LogP contribution < -0.4 is 10.1 Å². The maximum atomic E-state index is 12.1. The first kappa shape index (κ1) is 27.4. The lowest BCUT2D eigenvalue weighted by Gasteiger charge is -2.34. The Morgan fingerprint density at radius 3 is 2.57 bits per heavy atom. The van der Waals surface area contributed by atoms with Crippen LogP contribution in [0.25, 0.3) is 22.2 Å². The number of amides is 1. The molecule has 1 saturated heterocycles. The van der Waals surface area contributed by atoms with Gasteiger partial charge in [-0.1, -0.05) is 28.9 Å². The van der Waals surface area contributed by atoms with E-state index in [1.165, 1.54) is 0 Å². The normalized spacial score (nSPS) is 14.9. The number of piperazine rings is 1. The fraction of sp³-hybridized carbons (Fsp3) is 0.500. The molecule has 2 aromatic carbocycles. The lowest BCUT2D eigenvalue weighted by Crippen LogP contribution is -2.49. The number of fused-ring (bicyclic) bond motifs is 1. The van der Waals surface area contributed by atoms with Gasteiger partial charge < -0.3 is 24.4 Å². The van der Waals surface area contributed by atoms with Gasteiger partial charge in [-0.2, -0.15) is 0 Å². The third-order valence-corrected chi connectivity index (χ3v) is 6.91. The summed E-state index contributed by atoms with van der Waals surface area (Å²) in [6, 6.07) is 13.5. The number of hydrogen-bond donors (Lipinski definition) is 1. The van der Waals surface area contributed by atoms with Crippen LogP contribution in [0, 0.1) is 0 Å². The molecule has 4 rings (SSSR count). The molecule has 1 aliphatic heterocycles. The molecule has 200 valence electrons. The minimum Gasteiger partial charge on any atom is -0.493 e. The van der Waals surface area contributed by atoms with Crippen LogP contribution >= 0.6 is 11.6 Å². The maximum Gasteiger partial charge on any atom is 0.234 e. The summed E-state index contributed by atoms with van der Waals surface area (Å²) in [6.45, 7) is 7.81. The number of ether oxygens (including phenoxy) is 1. The summed E-state index contributed by atoms with van der Waals surface area (Å²) >= 11 is 5.99. The summed E-state index contributed by atoms with van der Waals surface area (Å²) in [7, 11) is 4.02. The second-order valence-electron chi connectivity index (χ2n) is 9.88. The number of nitrogens with one attached hydrogen (secondary N) is 1. The Labute approximate surface area is 224 Å². The van der Waals surface area contributed by atoms with E-state index in [-0.39, 0.29) is 5.91 Å². The molecule has 0 aliphatic carbocycles. The highest BCUT2D eigenvalue weighted by Gasteiger charge is 2.18. The van der Waals surface area contributed by atoms with Crippen molar-refractivity contribution >= 4 is 28.5 Å². The lowest BCUT2D eigenvalue weighted by molar-refractivity contribution is -0.122. The molecule has 1 N–H and O–H groups in total. The fourth-order valence-electron chi connectivity index (χ4n) is 4.48. The molecule has 9 heteroatoms. The van der Waals surface area contributed by atoms with Gasteiger partial charge in [-0.05, 0) is 64.2 Å². The summed E-state index contributed by atoms with van der Waals surface area (Å²) in [5.74, 6) is 0.924. The molecule has 1 amide bonds. The van der Waals surface area contributed by atoms with E-state index in [4.69, 9.17) is 20.9 Å². The summed E-state index contributed by atoms with van der Waals surface area (Å²) in [6.07, 6.45) is 3.29. The van der Waals surface area contributed by atoms with Gasteiger partial charge in [0, 0.05) is 61.3 Å². The standard InChI is InChI=1S/C28H38ClN5O3/c1-32(2)14-12-30-27(35)21-34-17-15-33(16-18-34)13-4-3-5-19-36-24-10-11-25-26(20-24)37-31-28(25)22-6-8-23(29)9-7-22/h6-11,20H,3-5,12-19,21H2,1-2H3,(H,30,35). The SMILES string of the molecule is CN(C)CCNC(=O)CN1CCN(CCCCCOc2ccc3c(-c4ccc(Cl)cc4)noc3c2)CC1. The van der Waals surface area contributed by atoms with Crippen LogP contribution in [-0.2, 0) is 4.79 Å². The number of unbranched alkanes of at least 4 members (excludes halogenated alkanes) is 2. The van der Waals surface area contributed by atoms with Gasteiger partial charge in [-0.3, -0.25) is 9.69 Å². The Balaban J connectivity index is 1.09. The van der Waals surface area contributed by atoms with Gasteiger partial charge in [0.2, 0.25) is 5.91 Å². The average molecular weight is 528 g/mol. The second kappa shape index (κ2) is 13.8. The first-order valence-electron chi connectivity index (χ1n) is 13.1. The molecule has 0 spiro atoms. The molecular weight excluding hydrogens is 490 g/mol. The van der Waals surface area contributed by atoms with E-state index in [1.807, 2.05) is 56.6 Å². The van der Waals surface area contributed by atoms with Gasteiger partial charge in [0.05, 0.1) is 13.2 Å². The summed E-state index contributed by atoms with van der Waals surface area (Å²) in [5.41, 5.74) is 2.49. The van der Waals surface area contributed by atoms with Crippen molar-refractivity contribution in [2.45, 2.75) is 19.3 Å². The Morgan fingerprint density at radius 1 is 1.05 bits per heavy atom. The minimum atomic E-state index is 0.125. The fourth-order valence-corrected chi connectivity index (χ4v) is 4.60. The first-order valence-corrected chi connectivity index (χ1v) is 13.5. The van der Waals surface area contributed by atoms with Gasteiger partial charge in [0.1, 0.15) is 11.4 Å². The van der Waals surface area contributed by atoms with Crippen molar-refractivity contribution in [3.63, 3.8) is 0 Å². The number of aromatic nitrogens is 1. The smallest absolute Gasteiger partial charge is 0.234 e. The van der Waals surface area contributed by atoms with Crippen molar-refractivity contribution in [3.8, 4) is 17.0 Å². The predicted molar refractivity (Wildman–Crippen MR) is 148 cm³/mol. The van der Waals surface area contributed by atoms with Gasteiger partial charge in [0.15, 0.2) is 5.58 Å². The van der Waals surface area contributed by atoms with E-state index in [1.54, 1.807) is 0 Å². The van der Waals surface area contributed by atoms with Crippen LogP contribution in [0.1, 0.15) is 19.3 Å². The Morgan fingerprint density at radius 2 is 1.81 bits per heavy atom. The molecule has 2 heterocycles. The summed E-state index contributed by atoms with van der Waals surface area (Å²) in [5, 5.41) is 8.89. The molecule has 0 atom stereocenters. The largest absolute Gasteiger partial charge is 0.493 e. The molecule has 1 aliphatic rings. The quantitative estimate of drug-likeness (QED) is 0.337. The lowest BCUT2D eigenvalue weighted by atomic mass is 10.1. The highest BCUT2D eigenvalue weighted by molar-refractivity contribution is 6.30. The molecule has 1 aromatic heterocycles. The first-order chi connectivity index (χ1) is 18.0. The van der Waals surface area contributed by atoms with Gasteiger partial charge >= 0.3 is 0 Å². The Hall–Kier alpha value is -2.65. The average Bonchev–Trinajstić information content (AvgIpc) is 3.30. The van der Waals surface area contributed by atoms with Crippen LogP contribution in [0.5, 0.6) is 5.75 Å². The molecule has 1 fully saturated rings. The van der Waals surface area contributed by atoms with Gasteiger partial charge in [-0.25, -0.2) is 0 Å². The minimum absolute atomic E-state index is 0.125. The molecule has 3 aromatic rings. The van der Waals surface area contributed by atoms with E-state index in [9.17, 15) is 4.79 Å². The maximum absolute atomic E-state index is 12.1. The van der Waals surface area contributed by atoms with Crippen LogP contribution in [0.15, 0.2) is 47.0 Å². The van der Waals surface area contributed by atoms with Crippen molar-refractivity contribution in [1.29, 1.82) is 0 Å². The number of hydrogen-bond acceptors (Lipinski definition) is 7. The molecule has 0 radical (unpaired) electrons. The number of halogens is 1. The number of nitrogens with zero attached hydrogens (tertiary/aromatic N) is 4. The number of rotatable bonds is 13. The van der Waals surface area contributed by atoms with Crippen LogP contribution in [0.4, 0.5) is 0 Å². The molecule has 37 heavy (non-hydrogen) atoms. The summed E-state index contributed by atoms with van der Waals surface area (Å²) in [4.78, 5) is 18.9. The van der Waals surface area contributed by atoms with Crippen molar-refractivity contribution in [2.24, 2.45) is 0 Å². The van der Waals surface area contributed by atoms with Crippen molar-refractivity contribution in [3.05, 3.63) is 47.5 Å². The van der Waals surface area contributed by atoms with E-state index in [0.29, 0.717) is 30.3 Å². The zero-order valence-corrected chi connectivity index (χ0v) is 22.7. The number of carbonyl (C=O) groups is 1. The van der Waals surface area contributed by atoms with E-state index in [0.717, 1.165) is 80.9 Å². The van der Waals surface area contributed by atoms with Crippen LogP contribution in [0.3, 0.4) is 0 Å². The van der Waals surface area contributed by atoms with E-state index < -0.39 is 0 Å². The molecule has 0 unspecified atom stereocenters. The predicted octanol–water partition coefficient (Wildman–Crippen LogP) is 3.99. The van der Waals surface area contributed by atoms with Gasteiger partial charge in [-0.15, -0.1) is 0 Å². The van der Waals surface area contributed by atoms with E-state index in [2.05, 4.69) is 25.2 Å². The Bertz CT molecular complexity index is 1130. The van der Waals surface area contributed by atoms with Crippen LogP contribution in [0.2, 0.25) is 5.02 Å². The van der Waals surface area contributed by atoms with Crippen molar-refractivity contribution in [2.75, 3.05) is 73.1 Å². The second-order valence-corrected chi connectivity index (χ2v) is 10.3. The summed E-state index contributed by atoms with van der Waals surface area (Å²) < 4.78 is 11.5. The highest BCUT2D eigenvalue weighted by atomic mass is 35.5. The monoisotopic (exact) mass is 527 g/mol.